The maximum absolute atomic E-state index is 12.4. The van der Waals surface area contributed by atoms with E-state index < -0.39 is 0 Å². The second kappa shape index (κ2) is 12.6. The number of likely N-dealkylation sites (tertiary alicyclic amines) is 1. The van der Waals surface area contributed by atoms with Gasteiger partial charge >= 0.3 is 0 Å². The average Bonchev–Trinajstić information content (AvgIpc) is 3.22. The maximum atomic E-state index is 12.4. The number of carbonyl (C=O) groups excluding carboxylic acids is 1. The molecule has 5 nitrogen and oxygen atoms in total. The highest BCUT2D eigenvalue weighted by Crippen LogP contribution is 2.31. The van der Waals surface area contributed by atoms with E-state index in [1.54, 1.807) is 7.11 Å². The molecule has 0 radical (unpaired) electrons. The zero-order valence-corrected chi connectivity index (χ0v) is 18.4. The normalized spacial score (nSPS) is 14.4. The van der Waals surface area contributed by atoms with Crippen molar-refractivity contribution < 1.29 is 9.53 Å². The summed E-state index contributed by atoms with van der Waals surface area (Å²) >= 11 is 0. The van der Waals surface area contributed by atoms with E-state index >= 15 is 0 Å². The van der Waals surface area contributed by atoms with Crippen molar-refractivity contribution in [2.45, 2.75) is 31.7 Å². The zero-order chi connectivity index (χ0) is 19.1. The molecular formula is C22H31Cl2N3O2. The summed E-state index contributed by atoms with van der Waals surface area (Å²) in [6.07, 6.45) is 3.49. The van der Waals surface area contributed by atoms with Crippen LogP contribution in [0.3, 0.4) is 0 Å². The third kappa shape index (κ3) is 6.81. The maximum Gasteiger partial charge on any atom is 0.220 e. The molecule has 7 heteroatoms. The van der Waals surface area contributed by atoms with E-state index in [1.807, 2.05) is 42.5 Å². The minimum Gasteiger partial charge on any atom is -0.496 e. The molecular weight excluding hydrogens is 409 g/mol. The van der Waals surface area contributed by atoms with Crippen molar-refractivity contribution in [1.82, 2.24) is 10.2 Å². The molecule has 3 rings (SSSR count). The van der Waals surface area contributed by atoms with Crippen LogP contribution in [0.15, 0.2) is 48.5 Å². The van der Waals surface area contributed by atoms with Crippen molar-refractivity contribution >= 4 is 36.4 Å². The number of nitrogens with two attached hydrogens (primary N) is 1. The number of hydrogen-bond donors (Lipinski definition) is 2. The summed E-state index contributed by atoms with van der Waals surface area (Å²) in [4.78, 5) is 14.9. The Hall–Kier alpha value is -1.95. The van der Waals surface area contributed by atoms with Crippen LogP contribution in [-0.2, 0) is 11.2 Å². The molecule has 2 aromatic rings. The van der Waals surface area contributed by atoms with Crippen LogP contribution in [0.25, 0.3) is 0 Å². The van der Waals surface area contributed by atoms with Gasteiger partial charge in [0.15, 0.2) is 0 Å². The van der Waals surface area contributed by atoms with Gasteiger partial charge in [-0.3, -0.25) is 9.69 Å². The van der Waals surface area contributed by atoms with Gasteiger partial charge in [-0.25, -0.2) is 0 Å². The number of methoxy groups -OCH3 is 1. The summed E-state index contributed by atoms with van der Waals surface area (Å²) in [5.41, 5.74) is 8.87. The topological polar surface area (TPSA) is 67.6 Å². The number of amides is 1. The molecule has 1 saturated heterocycles. The zero-order valence-electron chi connectivity index (χ0n) is 16.8. The van der Waals surface area contributed by atoms with Crippen molar-refractivity contribution in [2.24, 2.45) is 0 Å². The molecule has 1 atom stereocenters. The molecule has 1 aliphatic rings. The number of halogens is 2. The molecule has 1 aliphatic heterocycles. The molecule has 0 aliphatic carbocycles. The van der Waals surface area contributed by atoms with Gasteiger partial charge in [0, 0.05) is 24.2 Å². The second-order valence-electron chi connectivity index (χ2n) is 7.00. The van der Waals surface area contributed by atoms with Crippen LogP contribution in [0.4, 0.5) is 5.69 Å². The van der Waals surface area contributed by atoms with Gasteiger partial charge in [0.25, 0.3) is 0 Å². The van der Waals surface area contributed by atoms with Crippen molar-refractivity contribution in [1.29, 1.82) is 0 Å². The quantitative estimate of drug-likeness (QED) is 0.609. The summed E-state index contributed by atoms with van der Waals surface area (Å²) in [6, 6.07) is 15.9. The minimum absolute atomic E-state index is 0. The largest absolute Gasteiger partial charge is 0.496 e. The molecule has 1 heterocycles. The first-order valence-electron chi connectivity index (χ1n) is 9.66. The molecule has 0 spiro atoms. The number of nitrogens with one attached hydrogen (secondary N) is 1. The van der Waals surface area contributed by atoms with Crippen LogP contribution in [0.5, 0.6) is 5.75 Å². The fourth-order valence-electron chi connectivity index (χ4n) is 3.74. The predicted molar refractivity (Wildman–Crippen MR) is 123 cm³/mol. The third-order valence-electron chi connectivity index (χ3n) is 5.25. The Balaban J connectivity index is 0.00000210. The summed E-state index contributed by atoms with van der Waals surface area (Å²) < 4.78 is 5.56. The molecule has 2 aromatic carbocycles. The van der Waals surface area contributed by atoms with E-state index in [0.29, 0.717) is 19.4 Å². The molecule has 0 aromatic heterocycles. The molecule has 3 N–H and O–H groups in total. The lowest BCUT2D eigenvalue weighted by molar-refractivity contribution is -0.121. The monoisotopic (exact) mass is 439 g/mol. The molecule has 0 bridgehead atoms. The number of para-hydroxylation sites is 2. The lowest BCUT2D eigenvalue weighted by atomic mass is 10.0. The number of aryl methyl sites for hydroxylation is 1. The van der Waals surface area contributed by atoms with Gasteiger partial charge in [-0.2, -0.15) is 0 Å². The molecule has 29 heavy (non-hydrogen) atoms. The van der Waals surface area contributed by atoms with Gasteiger partial charge in [-0.05, 0) is 50.0 Å². The molecule has 0 saturated carbocycles. The van der Waals surface area contributed by atoms with Gasteiger partial charge in [0.1, 0.15) is 5.75 Å². The Kier molecular flexibility index (Phi) is 10.9. The summed E-state index contributed by atoms with van der Waals surface area (Å²) in [7, 11) is 1.70. The van der Waals surface area contributed by atoms with Gasteiger partial charge in [-0.1, -0.05) is 36.4 Å². The van der Waals surface area contributed by atoms with E-state index in [9.17, 15) is 4.79 Å². The van der Waals surface area contributed by atoms with Crippen LogP contribution in [0.1, 0.15) is 36.4 Å². The number of anilines is 1. The van der Waals surface area contributed by atoms with Crippen molar-refractivity contribution in [3.63, 3.8) is 0 Å². The second-order valence-corrected chi connectivity index (χ2v) is 7.00. The molecule has 1 unspecified atom stereocenters. The predicted octanol–water partition coefficient (Wildman–Crippen LogP) is 4.01. The van der Waals surface area contributed by atoms with Crippen LogP contribution in [-0.4, -0.2) is 37.6 Å². The van der Waals surface area contributed by atoms with E-state index in [1.165, 1.54) is 12.8 Å². The fourth-order valence-corrected chi connectivity index (χ4v) is 3.74. The van der Waals surface area contributed by atoms with Crippen LogP contribution >= 0.6 is 24.8 Å². The smallest absolute Gasteiger partial charge is 0.220 e. The molecule has 160 valence electrons. The summed E-state index contributed by atoms with van der Waals surface area (Å²) in [6.45, 7) is 2.70. The number of benzene rings is 2. The van der Waals surface area contributed by atoms with Gasteiger partial charge in [-0.15, -0.1) is 24.8 Å². The van der Waals surface area contributed by atoms with Gasteiger partial charge in [0.05, 0.1) is 13.2 Å². The molecule has 1 amide bonds. The highest BCUT2D eigenvalue weighted by molar-refractivity contribution is 5.85. The highest BCUT2D eigenvalue weighted by atomic mass is 35.5. The Labute approximate surface area is 185 Å². The number of ether oxygens (including phenoxy) is 1. The first-order chi connectivity index (χ1) is 13.2. The van der Waals surface area contributed by atoms with E-state index in [2.05, 4.69) is 16.3 Å². The fraction of sp³-hybridized carbons (Fsp3) is 0.409. The number of nitrogen functional groups attached to an aromatic ring is 1. The summed E-state index contributed by atoms with van der Waals surface area (Å²) in [5.74, 6) is 0.929. The Morgan fingerprint density at radius 1 is 1.10 bits per heavy atom. The SMILES string of the molecule is COc1ccccc1C(CNC(=O)CCc1ccccc1N)N1CCCC1.Cl.Cl. The lowest BCUT2D eigenvalue weighted by Crippen LogP contribution is -2.37. The number of rotatable bonds is 8. The standard InChI is InChI=1S/C22H29N3O2.2ClH/c1-27-21-11-5-3-9-18(21)20(25-14-6-7-15-25)16-24-22(26)13-12-17-8-2-4-10-19(17)23;;/h2-5,8-11,20H,6-7,12-16,23H2,1H3,(H,24,26);2*1H. The molecule has 1 fully saturated rings. The van der Waals surface area contributed by atoms with E-state index in [0.717, 1.165) is 35.7 Å². The lowest BCUT2D eigenvalue weighted by Gasteiger charge is -2.29. The average molecular weight is 440 g/mol. The van der Waals surface area contributed by atoms with Gasteiger partial charge in [0.2, 0.25) is 5.91 Å². The van der Waals surface area contributed by atoms with E-state index in [-0.39, 0.29) is 36.8 Å². The Bertz CT molecular complexity index is 767. The van der Waals surface area contributed by atoms with Crippen molar-refractivity contribution in [2.75, 3.05) is 32.5 Å². The van der Waals surface area contributed by atoms with Crippen LogP contribution in [0.2, 0.25) is 0 Å². The number of hydrogen-bond acceptors (Lipinski definition) is 4. The third-order valence-corrected chi connectivity index (χ3v) is 5.25. The van der Waals surface area contributed by atoms with Crippen LogP contribution in [0, 0.1) is 0 Å². The van der Waals surface area contributed by atoms with Crippen molar-refractivity contribution in [3.05, 3.63) is 59.7 Å². The number of carbonyl (C=O) groups is 1. The first kappa shape index (κ1) is 25.1. The Morgan fingerprint density at radius 2 is 1.76 bits per heavy atom. The van der Waals surface area contributed by atoms with E-state index in [4.69, 9.17) is 10.5 Å². The van der Waals surface area contributed by atoms with Crippen molar-refractivity contribution in [3.8, 4) is 5.75 Å². The minimum atomic E-state index is 0. The Morgan fingerprint density at radius 3 is 2.45 bits per heavy atom. The summed E-state index contributed by atoms with van der Waals surface area (Å²) in [5, 5.41) is 3.12. The van der Waals surface area contributed by atoms with Crippen LogP contribution < -0.4 is 15.8 Å². The number of nitrogens with zero attached hydrogens (tertiary/aromatic N) is 1. The first-order valence-corrected chi connectivity index (χ1v) is 9.66. The van der Waals surface area contributed by atoms with Gasteiger partial charge < -0.3 is 15.8 Å². The highest BCUT2D eigenvalue weighted by Gasteiger charge is 2.26.